The predicted octanol–water partition coefficient (Wildman–Crippen LogP) is 2.43. The van der Waals surface area contributed by atoms with Gasteiger partial charge in [0.05, 0.1) is 6.10 Å². The van der Waals surface area contributed by atoms with Gasteiger partial charge < -0.3 is 19.9 Å². The van der Waals surface area contributed by atoms with Crippen LogP contribution in [0.5, 0.6) is 11.5 Å². The maximum atomic E-state index is 9.92. The Bertz CT molecular complexity index is 643. The minimum atomic E-state index is -0.403. The third-order valence-electron chi connectivity index (χ3n) is 3.68. The average molecular weight is 288 g/mol. The molecule has 2 N–H and O–H groups in total. The van der Waals surface area contributed by atoms with Gasteiger partial charge in [-0.1, -0.05) is 13.8 Å². The Balaban J connectivity index is 1.91. The Labute approximate surface area is 123 Å². The summed E-state index contributed by atoms with van der Waals surface area (Å²) in [6.07, 6.45) is 1.35. The van der Waals surface area contributed by atoms with Gasteiger partial charge in [-0.05, 0) is 29.5 Å². The van der Waals surface area contributed by atoms with E-state index in [-0.39, 0.29) is 5.92 Å². The van der Waals surface area contributed by atoms with E-state index < -0.39 is 6.10 Å². The van der Waals surface area contributed by atoms with Gasteiger partial charge >= 0.3 is 0 Å². The number of nitrogens with one attached hydrogen (secondary N) is 1. The van der Waals surface area contributed by atoms with E-state index in [0.29, 0.717) is 19.8 Å². The number of nitrogens with zero attached hydrogens (tertiary/aromatic N) is 1. The number of fused-ring (bicyclic) bond motifs is 2. The molecule has 3 rings (SSSR count). The van der Waals surface area contributed by atoms with Gasteiger partial charge in [0.25, 0.3) is 0 Å². The molecule has 112 valence electrons. The summed E-state index contributed by atoms with van der Waals surface area (Å²) < 4.78 is 11.2. The number of pyridine rings is 1. The van der Waals surface area contributed by atoms with Crippen LogP contribution in [-0.2, 0) is 0 Å². The number of rotatable bonds is 4. The Morgan fingerprint density at radius 3 is 2.67 bits per heavy atom. The van der Waals surface area contributed by atoms with Gasteiger partial charge in [-0.15, -0.1) is 0 Å². The zero-order valence-corrected chi connectivity index (χ0v) is 12.3. The number of aromatic nitrogens is 1. The number of ether oxygens (including phenoxy) is 2. The molecule has 21 heavy (non-hydrogen) atoms. The first-order chi connectivity index (χ1) is 10.1. The van der Waals surface area contributed by atoms with Crippen LogP contribution in [0.2, 0.25) is 0 Å². The van der Waals surface area contributed by atoms with Crippen molar-refractivity contribution in [3.63, 3.8) is 0 Å². The number of anilines is 1. The number of benzene rings is 1. The van der Waals surface area contributed by atoms with Gasteiger partial charge in [0.2, 0.25) is 0 Å². The van der Waals surface area contributed by atoms with E-state index in [0.717, 1.165) is 28.1 Å². The lowest BCUT2D eigenvalue weighted by Gasteiger charge is -2.20. The second-order valence-electron chi connectivity index (χ2n) is 5.57. The highest BCUT2D eigenvalue weighted by Crippen LogP contribution is 2.36. The van der Waals surface area contributed by atoms with Crippen LogP contribution in [0.3, 0.4) is 0 Å². The van der Waals surface area contributed by atoms with Crippen molar-refractivity contribution < 1.29 is 14.6 Å². The van der Waals surface area contributed by atoms with Crippen molar-refractivity contribution in [3.8, 4) is 11.5 Å². The predicted molar refractivity (Wildman–Crippen MR) is 82.1 cm³/mol. The van der Waals surface area contributed by atoms with E-state index in [1.54, 1.807) is 6.20 Å². The normalized spacial score (nSPS) is 15.2. The SMILES string of the molecule is CC(C)C(O)CNc1nccc2cc3c(cc12)OCCO3. The first-order valence-corrected chi connectivity index (χ1v) is 7.25. The molecular formula is C16H20N2O3. The monoisotopic (exact) mass is 288 g/mol. The lowest BCUT2D eigenvalue weighted by Crippen LogP contribution is -2.25. The summed E-state index contributed by atoms with van der Waals surface area (Å²) in [5.74, 6) is 2.48. The zero-order valence-electron chi connectivity index (χ0n) is 12.3. The first-order valence-electron chi connectivity index (χ1n) is 7.25. The molecule has 1 aliphatic heterocycles. The van der Waals surface area contributed by atoms with Crippen LogP contribution in [0.4, 0.5) is 5.82 Å². The molecule has 1 atom stereocenters. The number of aliphatic hydroxyl groups excluding tert-OH is 1. The Morgan fingerprint density at radius 2 is 1.95 bits per heavy atom. The van der Waals surface area contributed by atoms with E-state index in [1.807, 2.05) is 32.0 Å². The molecule has 1 aromatic carbocycles. The second-order valence-corrected chi connectivity index (χ2v) is 5.57. The minimum absolute atomic E-state index is 0.206. The first kappa shape index (κ1) is 13.9. The molecule has 5 nitrogen and oxygen atoms in total. The van der Waals surface area contributed by atoms with Crippen molar-refractivity contribution >= 4 is 16.6 Å². The Hall–Kier alpha value is -2.01. The molecule has 0 saturated heterocycles. The fourth-order valence-corrected chi connectivity index (χ4v) is 2.29. The number of hydrogen-bond donors (Lipinski definition) is 2. The minimum Gasteiger partial charge on any atom is -0.486 e. The van der Waals surface area contributed by atoms with Gasteiger partial charge in [0.15, 0.2) is 11.5 Å². The molecule has 0 bridgehead atoms. The summed E-state index contributed by atoms with van der Waals surface area (Å²) in [5.41, 5.74) is 0. The lowest BCUT2D eigenvalue weighted by molar-refractivity contribution is 0.138. The molecular weight excluding hydrogens is 268 g/mol. The molecule has 0 saturated carbocycles. The standard InChI is InChI=1S/C16H20N2O3/c1-10(2)13(19)9-18-16-12-8-15-14(20-5-6-21-15)7-11(12)3-4-17-16/h3-4,7-8,10,13,19H,5-6,9H2,1-2H3,(H,17,18). The highest BCUT2D eigenvalue weighted by Gasteiger charge is 2.15. The molecule has 0 radical (unpaired) electrons. The summed E-state index contributed by atoms with van der Waals surface area (Å²) in [6, 6.07) is 5.86. The smallest absolute Gasteiger partial charge is 0.162 e. The zero-order chi connectivity index (χ0) is 14.8. The van der Waals surface area contributed by atoms with Crippen molar-refractivity contribution in [1.29, 1.82) is 0 Å². The molecule has 0 aliphatic carbocycles. The molecule has 2 aromatic rings. The van der Waals surface area contributed by atoms with Gasteiger partial charge in [-0.25, -0.2) is 4.98 Å². The molecule has 0 fully saturated rings. The largest absolute Gasteiger partial charge is 0.486 e. The lowest BCUT2D eigenvalue weighted by atomic mass is 10.1. The van der Waals surface area contributed by atoms with E-state index >= 15 is 0 Å². The third-order valence-corrected chi connectivity index (χ3v) is 3.68. The van der Waals surface area contributed by atoms with Crippen LogP contribution < -0.4 is 14.8 Å². The fourth-order valence-electron chi connectivity index (χ4n) is 2.29. The van der Waals surface area contributed by atoms with E-state index in [9.17, 15) is 5.11 Å². The van der Waals surface area contributed by atoms with Gasteiger partial charge in [-0.3, -0.25) is 0 Å². The van der Waals surface area contributed by atoms with Crippen molar-refractivity contribution in [2.45, 2.75) is 20.0 Å². The Morgan fingerprint density at radius 1 is 1.24 bits per heavy atom. The highest BCUT2D eigenvalue weighted by atomic mass is 16.6. The summed E-state index contributed by atoms with van der Waals surface area (Å²) in [4.78, 5) is 4.37. The molecule has 0 amide bonds. The van der Waals surface area contributed by atoms with Crippen LogP contribution in [0.15, 0.2) is 24.4 Å². The maximum Gasteiger partial charge on any atom is 0.162 e. The number of hydrogen-bond acceptors (Lipinski definition) is 5. The third kappa shape index (κ3) is 2.88. The van der Waals surface area contributed by atoms with Crippen molar-refractivity contribution in [1.82, 2.24) is 4.98 Å². The highest BCUT2D eigenvalue weighted by molar-refractivity contribution is 5.94. The summed E-state index contributed by atoms with van der Waals surface area (Å²) >= 11 is 0. The van der Waals surface area contributed by atoms with Gasteiger partial charge in [0, 0.05) is 18.1 Å². The molecule has 1 aliphatic rings. The van der Waals surface area contributed by atoms with Crippen LogP contribution >= 0.6 is 0 Å². The van der Waals surface area contributed by atoms with E-state index in [4.69, 9.17) is 9.47 Å². The van der Waals surface area contributed by atoms with Gasteiger partial charge in [0.1, 0.15) is 19.0 Å². The van der Waals surface area contributed by atoms with Crippen molar-refractivity contribution in [3.05, 3.63) is 24.4 Å². The van der Waals surface area contributed by atoms with Crippen LogP contribution in [0.1, 0.15) is 13.8 Å². The average Bonchev–Trinajstić information content (AvgIpc) is 2.50. The Kier molecular flexibility index (Phi) is 3.84. The van der Waals surface area contributed by atoms with Gasteiger partial charge in [-0.2, -0.15) is 0 Å². The van der Waals surface area contributed by atoms with Crippen LogP contribution in [0, 0.1) is 5.92 Å². The summed E-state index contributed by atoms with van der Waals surface area (Å²) in [7, 11) is 0. The number of aliphatic hydroxyl groups is 1. The van der Waals surface area contributed by atoms with Crippen molar-refractivity contribution in [2.24, 2.45) is 5.92 Å². The van der Waals surface area contributed by atoms with E-state index in [2.05, 4.69) is 10.3 Å². The maximum absolute atomic E-state index is 9.92. The fraction of sp³-hybridized carbons (Fsp3) is 0.438. The van der Waals surface area contributed by atoms with Crippen LogP contribution in [0.25, 0.3) is 10.8 Å². The summed E-state index contributed by atoms with van der Waals surface area (Å²) in [6.45, 7) is 5.59. The van der Waals surface area contributed by atoms with E-state index in [1.165, 1.54) is 0 Å². The molecule has 1 unspecified atom stereocenters. The topological polar surface area (TPSA) is 63.6 Å². The molecule has 1 aromatic heterocycles. The molecule has 5 heteroatoms. The van der Waals surface area contributed by atoms with Crippen molar-refractivity contribution in [2.75, 3.05) is 25.1 Å². The van der Waals surface area contributed by atoms with Crippen LogP contribution in [-0.4, -0.2) is 36.0 Å². The molecule has 0 spiro atoms. The quantitative estimate of drug-likeness (QED) is 0.904. The molecule has 2 heterocycles. The summed E-state index contributed by atoms with van der Waals surface area (Å²) in [5, 5.41) is 15.1. The second kappa shape index (κ2) is 5.77.